The molecule has 1 N–H and O–H groups in total. The monoisotopic (exact) mass is 298 g/mol. The minimum Gasteiger partial charge on any atom is -0.481 e. The Hall–Kier alpha value is -0.530. The lowest BCUT2D eigenvalue weighted by molar-refractivity contribution is -0.137. The first-order chi connectivity index (χ1) is 10.2. The van der Waals surface area contributed by atoms with Gasteiger partial charge in [-0.15, -0.1) is 0 Å². The molecule has 0 amide bonds. The van der Waals surface area contributed by atoms with Crippen LogP contribution in [0.15, 0.2) is 0 Å². The van der Waals surface area contributed by atoms with E-state index in [1.54, 1.807) is 0 Å². The SMILES string of the molecule is CCCC(CCC)CCCCCCCCCCCC(=O)O. The molecule has 0 aromatic rings. The minimum absolute atomic E-state index is 0.344. The predicted octanol–water partition coefficient (Wildman–Crippen LogP) is 6.58. The van der Waals surface area contributed by atoms with Gasteiger partial charge in [0.25, 0.3) is 0 Å². The molecule has 0 heterocycles. The van der Waals surface area contributed by atoms with Crippen molar-refractivity contribution < 1.29 is 9.90 Å². The van der Waals surface area contributed by atoms with Crippen molar-refractivity contribution in [3.63, 3.8) is 0 Å². The van der Waals surface area contributed by atoms with Crippen LogP contribution in [-0.4, -0.2) is 11.1 Å². The maximum Gasteiger partial charge on any atom is 0.303 e. The van der Waals surface area contributed by atoms with E-state index < -0.39 is 5.97 Å². The Morgan fingerprint density at radius 1 is 0.714 bits per heavy atom. The van der Waals surface area contributed by atoms with E-state index in [0.29, 0.717) is 6.42 Å². The van der Waals surface area contributed by atoms with Gasteiger partial charge in [0.2, 0.25) is 0 Å². The van der Waals surface area contributed by atoms with Crippen molar-refractivity contribution in [1.29, 1.82) is 0 Å². The highest BCUT2D eigenvalue weighted by Gasteiger charge is 2.05. The van der Waals surface area contributed by atoms with Crippen LogP contribution in [0.5, 0.6) is 0 Å². The second kappa shape index (κ2) is 15.9. The van der Waals surface area contributed by atoms with Crippen molar-refractivity contribution in [2.45, 2.75) is 110 Å². The van der Waals surface area contributed by atoms with Gasteiger partial charge in [-0.05, 0) is 12.3 Å². The van der Waals surface area contributed by atoms with E-state index in [9.17, 15) is 4.79 Å². The van der Waals surface area contributed by atoms with Gasteiger partial charge in [0.15, 0.2) is 0 Å². The zero-order valence-electron chi connectivity index (χ0n) is 14.5. The van der Waals surface area contributed by atoms with Crippen molar-refractivity contribution in [1.82, 2.24) is 0 Å². The summed E-state index contributed by atoms with van der Waals surface area (Å²) in [6.45, 7) is 4.61. The number of rotatable bonds is 16. The summed E-state index contributed by atoms with van der Waals surface area (Å²) in [6, 6.07) is 0. The van der Waals surface area contributed by atoms with Gasteiger partial charge in [0, 0.05) is 6.42 Å². The molecule has 126 valence electrons. The molecule has 0 spiro atoms. The van der Waals surface area contributed by atoms with E-state index in [0.717, 1.165) is 18.8 Å². The van der Waals surface area contributed by atoms with Crippen LogP contribution >= 0.6 is 0 Å². The van der Waals surface area contributed by atoms with Gasteiger partial charge < -0.3 is 5.11 Å². The highest BCUT2D eigenvalue weighted by molar-refractivity contribution is 5.66. The van der Waals surface area contributed by atoms with E-state index in [1.165, 1.54) is 77.0 Å². The van der Waals surface area contributed by atoms with Crippen LogP contribution in [0.2, 0.25) is 0 Å². The third-order valence-electron chi connectivity index (χ3n) is 4.40. The molecular formula is C19H38O2. The number of unbranched alkanes of at least 4 members (excludes halogenated alkanes) is 8. The standard InChI is InChI=1S/C19H38O2/c1-3-14-18(15-4-2)16-12-10-8-6-5-7-9-11-13-17-19(20)21/h18H,3-17H2,1-2H3,(H,20,21). The summed E-state index contributed by atoms with van der Waals surface area (Å²) in [5.41, 5.74) is 0. The fourth-order valence-electron chi connectivity index (χ4n) is 3.20. The van der Waals surface area contributed by atoms with Crippen molar-refractivity contribution in [3.8, 4) is 0 Å². The molecule has 0 saturated carbocycles. The maximum atomic E-state index is 10.4. The molecule has 0 fully saturated rings. The minimum atomic E-state index is -0.653. The Labute approximate surface area is 132 Å². The van der Waals surface area contributed by atoms with Gasteiger partial charge in [-0.3, -0.25) is 4.79 Å². The van der Waals surface area contributed by atoms with Gasteiger partial charge in [-0.2, -0.15) is 0 Å². The fraction of sp³-hybridized carbons (Fsp3) is 0.947. The van der Waals surface area contributed by atoms with E-state index >= 15 is 0 Å². The molecule has 0 aliphatic heterocycles. The average Bonchev–Trinajstić information content (AvgIpc) is 2.44. The van der Waals surface area contributed by atoms with E-state index in [4.69, 9.17) is 5.11 Å². The van der Waals surface area contributed by atoms with E-state index in [-0.39, 0.29) is 0 Å². The summed E-state index contributed by atoms with van der Waals surface area (Å²) in [5.74, 6) is 0.327. The summed E-state index contributed by atoms with van der Waals surface area (Å²) in [5, 5.41) is 8.54. The zero-order chi connectivity index (χ0) is 15.8. The third-order valence-corrected chi connectivity index (χ3v) is 4.40. The van der Waals surface area contributed by atoms with Crippen LogP contribution in [0, 0.1) is 5.92 Å². The van der Waals surface area contributed by atoms with Crippen molar-refractivity contribution >= 4 is 5.97 Å². The fourth-order valence-corrected chi connectivity index (χ4v) is 3.20. The van der Waals surface area contributed by atoms with Gasteiger partial charge in [-0.1, -0.05) is 97.3 Å². The average molecular weight is 299 g/mol. The number of hydrogen-bond donors (Lipinski definition) is 1. The molecule has 0 radical (unpaired) electrons. The molecule has 0 unspecified atom stereocenters. The lowest BCUT2D eigenvalue weighted by Gasteiger charge is -2.14. The Morgan fingerprint density at radius 3 is 1.57 bits per heavy atom. The van der Waals surface area contributed by atoms with Gasteiger partial charge in [0.05, 0.1) is 0 Å². The molecule has 0 aliphatic rings. The number of aliphatic carboxylic acids is 1. The van der Waals surface area contributed by atoms with Crippen LogP contribution < -0.4 is 0 Å². The number of hydrogen-bond acceptors (Lipinski definition) is 1. The van der Waals surface area contributed by atoms with Gasteiger partial charge >= 0.3 is 5.97 Å². The first kappa shape index (κ1) is 20.5. The lowest BCUT2D eigenvalue weighted by atomic mass is 9.92. The molecule has 2 heteroatoms. The Bertz CT molecular complexity index is 220. The molecule has 0 saturated heterocycles. The topological polar surface area (TPSA) is 37.3 Å². The smallest absolute Gasteiger partial charge is 0.303 e. The molecular weight excluding hydrogens is 260 g/mol. The Kier molecular flexibility index (Phi) is 15.5. The van der Waals surface area contributed by atoms with Crippen molar-refractivity contribution in [3.05, 3.63) is 0 Å². The van der Waals surface area contributed by atoms with Crippen LogP contribution in [-0.2, 0) is 4.79 Å². The molecule has 0 atom stereocenters. The Balaban J connectivity index is 3.22. The summed E-state index contributed by atoms with van der Waals surface area (Å²) in [7, 11) is 0. The van der Waals surface area contributed by atoms with E-state index in [2.05, 4.69) is 13.8 Å². The summed E-state index contributed by atoms with van der Waals surface area (Å²) in [6.07, 6.45) is 18.7. The maximum absolute atomic E-state index is 10.4. The molecule has 0 aromatic carbocycles. The second-order valence-corrected chi connectivity index (χ2v) is 6.56. The molecule has 21 heavy (non-hydrogen) atoms. The first-order valence-corrected chi connectivity index (χ1v) is 9.42. The zero-order valence-corrected chi connectivity index (χ0v) is 14.5. The second-order valence-electron chi connectivity index (χ2n) is 6.56. The third kappa shape index (κ3) is 15.7. The number of carbonyl (C=O) groups is 1. The summed E-state index contributed by atoms with van der Waals surface area (Å²) < 4.78 is 0. The highest BCUT2D eigenvalue weighted by Crippen LogP contribution is 2.21. The van der Waals surface area contributed by atoms with Gasteiger partial charge in [-0.25, -0.2) is 0 Å². The van der Waals surface area contributed by atoms with Gasteiger partial charge in [0.1, 0.15) is 0 Å². The molecule has 0 bridgehead atoms. The molecule has 0 rings (SSSR count). The van der Waals surface area contributed by atoms with Crippen LogP contribution in [0.4, 0.5) is 0 Å². The summed E-state index contributed by atoms with van der Waals surface area (Å²) in [4.78, 5) is 10.4. The highest BCUT2D eigenvalue weighted by atomic mass is 16.4. The van der Waals surface area contributed by atoms with Crippen molar-refractivity contribution in [2.24, 2.45) is 5.92 Å². The molecule has 0 aromatic heterocycles. The van der Waals surface area contributed by atoms with Crippen LogP contribution in [0.25, 0.3) is 0 Å². The van der Waals surface area contributed by atoms with E-state index in [1.807, 2.05) is 0 Å². The summed E-state index contributed by atoms with van der Waals surface area (Å²) >= 11 is 0. The first-order valence-electron chi connectivity index (χ1n) is 9.42. The lowest BCUT2D eigenvalue weighted by Crippen LogP contribution is -1.99. The van der Waals surface area contributed by atoms with Crippen LogP contribution in [0.1, 0.15) is 110 Å². The van der Waals surface area contributed by atoms with Crippen molar-refractivity contribution in [2.75, 3.05) is 0 Å². The predicted molar refractivity (Wildman–Crippen MR) is 91.7 cm³/mol. The Morgan fingerprint density at radius 2 is 1.14 bits per heavy atom. The number of carboxylic acids is 1. The molecule has 2 nitrogen and oxygen atoms in total. The normalized spacial score (nSPS) is 11.2. The quantitative estimate of drug-likeness (QED) is 0.327. The largest absolute Gasteiger partial charge is 0.481 e. The van der Waals surface area contributed by atoms with Crippen LogP contribution in [0.3, 0.4) is 0 Å². The number of carboxylic acid groups (broad SMARTS) is 1. The molecule has 0 aliphatic carbocycles.